The summed E-state index contributed by atoms with van der Waals surface area (Å²) < 4.78 is 2.31. The van der Waals surface area contributed by atoms with Gasteiger partial charge in [-0.25, -0.2) is 0 Å². The first-order chi connectivity index (χ1) is 6.86. The van der Waals surface area contributed by atoms with Crippen LogP contribution in [0.15, 0.2) is 0 Å². The minimum Gasteiger partial charge on any atom is -0.314 e. The van der Waals surface area contributed by atoms with Crippen molar-refractivity contribution < 1.29 is 0 Å². The zero-order valence-corrected chi connectivity index (χ0v) is 8.53. The van der Waals surface area contributed by atoms with E-state index in [2.05, 4.69) is 27.0 Å². The molecule has 0 aliphatic carbocycles. The van der Waals surface area contributed by atoms with Gasteiger partial charge in [0.05, 0.1) is 6.04 Å². The number of nitrogens with one attached hydrogen (secondary N) is 1. The number of nitrogens with zero attached hydrogens (tertiary/aromatic N) is 3. The van der Waals surface area contributed by atoms with Crippen LogP contribution in [0.4, 0.5) is 0 Å². The zero-order chi connectivity index (χ0) is 9.54. The van der Waals surface area contributed by atoms with Gasteiger partial charge in [-0.15, -0.1) is 10.2 Å². The van der Waals surface area contributed by atoms with Crippen LogP contribution in [-0.4, -0.2) is 21.3 Å². The highest BCUT2D eigenvalue weighted by atomic mass is 15.3. The molecule has 2 aliphatic rings. The summed E-state index contributed by atoms with van der Waals surface area (Å²) in [5.74, 6) is 3.05. The Morgan fingerprint density at radius 1 is 1.43 bits per heavy atom. The van der Waals surface area contributed by atoms with Gasteiger partial charge < -0.3 is 9.88 Å². The lowest BCUT2D eigenvalue weighted by Gasteiger charge is -2.14. The number of hydrogen-bond donors (Lipinski definition) is 1. The molecule has 2 aliphatic heterocycles. The fourth-order valence-electron chi connectivity index (χ4n) is 2.58. The van der Waals surface area contributed by atoms with Crippen molar-refractivity contribution in [2.75, 3.05) is 6.54 Å². The minimum absolute atomic E-state index is 0.439. The van der Waals surface area contributed by atoms with Gasteiger partial charge >= 0.3 is 0 Å². The van der Waals surface area contributed by atoms with Crippen molar-refractivity contribution in [3.05, 3.63) is 11.6 Å². The Morgan fingerprint density at radius 2 is 2.36 bits per heavy atom. The van der Waals surface area contributed by atoms with Gasteiger partial charge in [-0.05, 0) is 25.3 Å². The number of aromatic nitrogens is 3. The summed E-state index contributed by atoms with van der Waals surface area (Å²) >= 11 is 0. The maximum absolute atomic E-state index is 4.32. The summed E-state index contributed by atoms with van der Waals surface area (Å²) in [5, 5.41) is 12.1. The topological polar surface area (TPSA) is 42.7 Å². The molecular formula is C10H16N4. The van der Waals surface area contributed by atoms with Crippen molar-refractivity contribution in [3.8, 4) is 0 Å². The average molecular weight is 192 g/mol. The van der Waals surface area contributed by atoms with Gasteiger partial charge in [0, 0.05) is 13.0 Å². The molecule has 0 amide bonds. The van der Waals surface area contributed by atoms with E-state index in [0.29, 0.717) is 12.0 Å². The number of rotatable bonds is 1. The summed E-state index contributed by atoms with van der Waals surface area (Å²) in [5.41, 5.74) is 0. The number of aryl methyl sites for hydroxylation is 1. The lowest BCUT2D eigenvalue weighted by Crippen LogP contribution is -2.21. The van der Waals surface area contributed by atoms with Gasteiger partial charge in [-0.3, -0.25) is 0 Å². The quantitative estimate of drug-likeness (QED) is 0.718. The van der Waals surface area contributed by atoms with Gasteiger partial charge in [0.25, 0.3) is 0 Å². The van der Waals surface area contributed by atoms with Crippen LogP contribution in [0.5, 0.6) is 0 Å². The van der Waals surface area contributed by atoms with Crippen molar-refractivity contribution in [3.63, 3.8) is 0 Å². The molecule has 0 bridgehead atoms. The molecule has 0 aromatic carbocycles. The molecule has 2 atom stereocenters. The van der Waals surface area contributed by atoms with E-state index in [1.165, 1.54) is 24.5 Å². The van der Waals surface area contributed by atoms with Crippen LogP contribution in [-0.2, 0) is 13.0 Å². The average Bonchev–Trinajstić information content (AvgIpc) is 2.78. The molecule has 4 heteroatoms. The Balaban J connectivity index is 1.96. The molecule has 1 N–H and O–H groups in total. The highest BCUT2D eigenvalue weighted by Gasteiger charge is 2.30. The van der Waals surface area contributed by atoms with Gasteiger partial charge in [-0.2, -0.15) is 0 Å². The van der Waals surface area contributed by atoms with Gasteiger partial charge in [0.15, 0.2) is 0 Å². The van der Waals surface area contributed by atoms with E-state index in [-0.39, 0.29) is 0 Å². The molecule has 1 saturated heterocycles. The van der Waals surface area contributed by atoms with Crippen LogP contribution in [0, 0.1) is 5.92 Å². The maximum Gasteiger partial charge on any atom is 0.150 e. The predicted octanol–water partition coefficient (Wildman–Crippen LogP) is 0.895. The maximum atomic E-state index is 4.32. The minimum atomic E-state index is 0.439. The van der Waals surface area contributed by atoms with Crippen molar-refractivity contribution in [2.45, 2.75) is 38.8 Å². The van der Waals surface area contributed by atoms with Crippen molar-refractivity contribution in [1.29, 1.82) is 0 Å². The summed E-state index contributed by atoms with van der Waals surface area (Å²) in [6, 6.07) is 0.439. The van der Waals surface area contributed by atoms with E-state index in [1.54, 1.807) is 0 Å². The van der Waals surface area contributed by atoms with Crippen LogP contribution in [0.3, 0.4) is 0 Å². The molecule has 4 nitrogen and oxygen atoms in total. The molecule has 76 valence electrons. The van der Waals surface area contributed by atoms with Crippen molar-refractivity contribution in [2.24, 2.45) is 5.92 Å². The highest BCUT2D eigenvalue weighted by Crippen LogP contribution is 2.29. The Labute approximate surface area is 83.7 Å². The fraction of sp³-hybridized carbons (Fsp3) is 0.800. The monoisotopic (exact) mass is 192 g/mol. The Kier molecular flexibility index (Phi) is 1.83. The van der Waals surface area contributed by atoms with Crippen LogP contribution in [0.1, 0.15) is 37.5 Å². The molecule has 2 unspecified atom stereocenters. The van der Waals surface area contributed by atoms with Crippen LogP contribution >= 0.6 is 0 Å². The second-order valence-electron chi connectivity index (χ2n) is 4.43. The SMILES string of the molecule is CC1CCNC1c1nnc2n1CCC2. The highest BCUT2D eigenvalue weighted by molar-refractivity contribution is 5.07. The van der Waals surface area contributed by atoms with Gasteiger partial charge in [0.1, 0.15) is 11.6 Å². The zero-order valence-electron chi connectivity index (χ0n) is 8.53. The van der Waals surface area contributed by atoms with Crippen LogP contribution in [0.2, 0.25) is 0 Å². The fourth-order valence-corrected chi connectivity index (χ4v) is 2.58. The first-order valence-corrected chi connectivity index (χ1v) is 5.51. The third-order valence-corrected chi connectivity index (χ3v) is 3.45. The summed E-state index contributed by atoms with van der Waals surface area (Å²) in [4.78, 5) is 0. The normalized spacial score (nSPS) is 30.9. The van der Waals surface area contributed by atoms with E-state index < -0.39 is 0 Å². The standard InChI is InChI=1S/C10H16N4/c1-7-4-5-11-9(7)10-13-12-8-3-2-6-14(8)10/h7,9,11H,2-6H2,1H3. The first kappa shape index (κ1) is 8.41. The summed E-state index contributed by atoms with van der Waals surface area (Å²) in [7, 11) is 0. The van der Waals surface area contributed by atoms with E-state index in [4.69, 9.17) is 0 Å². The molecule has 14 heavy (non-hydrogen) atoms. The molecule has 3 rings (SSSR count). The third kappa shape index (κ3) is 1.10. The number of hydrogen-bond acceptors (Lipinski definition) is 3. The van der Waals surface area contributed by atoms with Crippen LogP contribution in [0.25, 0.3) is 0 Å². The summed E-state index contributed by atoms with van der Waals surface area (Å²) in [6.45, 7) is 4.53. The smallest absolute Gasteiger partial charge is 0.150 e. The molecule has 1 aromatic rings. The number of fused-ring (bicyclic) bond motifs is 1. The Morgan fingerprint density at radius 3 is 3.14 bits per heavy atom. The van der Waals surface area contributed by atoms with Crippen molar-refractivity contribution >= 4 is 0 Å². The predicted molar refractivity (Wildman–Crippen MR) is 52.9 cm³/mol. The van der Waals surface area contributed by atoms with Crippen molar-refractivity contribution in [1.82, 2.24) is 20.1 Å². The summed E-state index contributed by atoms with van der Waals surface area (Å²) in [6.07, 6.45) is 3.60. The van der Waals surface area contributed by atoms with E-state index in [1.807, 2.05) is 0 Å². The molecule has 1 fully saturated rings. The van der Waals surface area contributed by atoms with E-state index in [9.17, 15) is 0 Å². The lowest BCUT2D eigenvalue weighted by atomic mass is 10.0. The molecule has 0 saturated carbocycles. The van der Waals surface area contributed by atoms with E-state index in [0.717, 1.165) is 19.5 Å². The van der Waals surface area contributed by atoms with Gasteiger partial charge in [0.2, 0.25) is 0 Å². The van der Waals surface area contributed by atoms with Gasteiger partial charge in [-0.1, -0.05) is 6.92 Å². The second-order valence-corrected chi connectivity index (χ2v) is 4.43. The molecule has 3 heterocycles. The Bertz CT molecular complexity index is 344. The molecule has 1 aromatic heterocycles. The molecule has 0 radical (unpaired) electrons. The molecular weight excluding hydrogens is 176 g/mol. The second kappa shape index (κ2) is 3.05. The first-order valence-electron chi connectivity index (χ1n) is 5.51. The largest absolute Gasteiger partial charge is 0.314 e. The van der Waals surface area contributed by atoms with Crippen LogP contribution < -0.4 is 5.32 Å². The lowest BCUT2D eigenvalue weighted by molar-refractivity contribution is 0.458. The molecule has 0 spiro atoms. The Hall–Kier alpha value is -0.900. The van der Waals surface area contributed by atoms with E-state index >= 15 is 0 Å². The third-order valence-electron chi connectivity index (χ3n) is 3.45.